The maximum Gasteiger partial charge on any atom is 0.363 e. The summed E-state index contributed by atoms with van der Waals surface area (Å²) in [4.78, 5) is 55.7. The minimum atomic E-state index is -1.51. The van der Waals surface area contributed by atoms with Gasteiger partial charge in [0.05, 0.1) is 17.6 Å². The molecule has 2 aromatic carbocycles. The second kappa shape index (κ2) is 9.71. The standard InChI is InChI=1S/C29H25N3O7/c1-30(2)17-6-9-20-23(14-17)38-24-15-18(31(3)4)7-10-21(24)27(20)19-8-5-16(13-22(19)28(35)36)29(37)39-32-25(33)11-12-26(32)34/h5-10,13-15H,11-12H2,1-4H3. The molecule has 1 aliphatic carbocycles. The van der Waals surface area contributed by atoms with Crippen molar-refractivity contribution in [3.63, 3.8) is 0 Å². The number of carbonyl (C=O) groups is 4. The van der Waals surface area contributed by atoms with Crippen LogP contribution in [0.1, 0.15) is 33.6 Å². The van der Waals surface area contributed by atoms with Crippen LogP contribution < -0.4 is 19.9 Å². The van der Waals surface area contributed by atoms with Crippen molar-refractivity contribution in [1.82, 2.24) is 9.64 Å². The number of amides is 2. The number of benzene rings is 3. The molecule has 10 nitrogen and oxygen atoms in total. The number of carboxylic acid groups (broad SMARTS) is 1. The molecule has 2 amide bonds. The van der Waals surface area contributed by atoms with E-state index in [-0.39, 0.29) is 24.0 Å². The first kappa shape index (κ1) is 25.7. The number of carbonyl (C=O) groups excluding carboxylic acids is 4. The number of aromatic carboxylic acids is 1. The fourth-order valence-electron chi connectivity index (χ4n) is 4.57. The van der Waals surface area contributed by atoms with E-state index in [9.17, 15) is 24.3 Å². The van der Waals surface area contributed by atoms with Crippen LogP contribution in [0.3, 0.4) is 0 Å². The average molecular weight is 528 g/mol. The van der Waals surface area contributed by atoms with E-state index in [1.165, 1.54) is 12.1 Å². The van der Waals surface area contributed by atoms with Crippen molar-refractivity contribution >= 4 is 40.4 Å². The highest BCUT2D eigenvalue weighted by Gasteiger charge is 2.33. The molecular weight excluding hydrogens is 502 g/mol. The third-order valence-electron chi connectivity index (χ3n) is 6.65. The molecule has 0 saturated carbocycles. The van der Waals surface area contributed by atoms with Gasteiger partial charge in [-0.05, 0) is 35.9 Å². The Balaban J connectivity index is 1.72. The number of hydroxylamine groups is 2. The summed E-state index contributed by atoms with van der Waals surface area (Å²) in [6.45, 7) is 0. The van der Waals surface area contributed by atoms with Gasteiger partial charge in [-0.1, -0.05) is 6.07 Å². The largest absolute Gasteiger partial charge is 0.545 e. The minimum Gasteiger partial charge on any atom is -0.545 e. The summed E-state index contributed by atoms with van der Waals surface area (Å²) in [5.74, 6) is -3.27. The van der Waals surface area contributed by atoms with E-state index in [1.54, 1.807) is 0 Å². The van der Waals surface area contributed by atoms with Gasteiger partial charge in [0.1, 0.15) is 25.4 Å². The van der Waals surface area contributed by atoms with Gasteiger partial charge in [0.15, 0.2) is 0 Å². The number of rotatable bonds is 5. The SMILES string of the molecule is CN(C)c1ccc2c(-c3ccc(C(=O)ON4C(=O)CCC4=O)cc3C(=O)[O-])c3ccc(=[N+](C)C)cc-3oc2c1. The Hall–Kier alpha value is -4.99. The Morgan fingerprint density at radius 3 is 2.28 bits per heavy atom. The topological polar surface area (TPSA) is 123 Å². The number of hydrogen-bond acceptors (Lipinski definition) is 8. The number of fused-ring (bicyclic) bond motifs is 2. The monoisotopic (exact) mass is 527 g/mol. The van der Waals surface area contributed by atoms with Crippen molar-refractivity contribution in [2.45, 2.75) is 12.8 Å². The van der Waals surface area contributed by atoms with Crippen molar-refractivity contribution in [1.29, 1.82) is 0 Å². The van der Waals surface area contributed by atoms with Crippen LogP contribution in [0, 0.1) is 0 Å². The van der Waals surface area contributed by atoms with Gasteiger partial charge in [0.2, 0.25) is 5.36 Å². The van der Waals surface area contributed by atoms with Gasteiger partial charge in [-0.2, -0.15) is 0 Å². The molecule has 0 radical (unpaired) electrons. The average Bonchev–Trinajstić information content (AvgIpc) is 3.22. The molecule has 1 saturated heterocycles. The van der Waals surface area contributed by atoms with E-state index in [0.717, 1.165) is 17.1 Å². The highest BCUT2D eigenvalue weighted by atomic mass is 16.7. The number of imide groups is 1. The molecule has 198 valence electrons. The number of anilines is 1. The van der Waals surface area contributed by atoms with Crippen molar-refractivity contribution < 1.29 is 33.5 Å². The molecule has 0 bridgehead atoms. The summed E-state index contributed by atoms with van der Waals surface area (Å²) < 4.78 is 8.22. The molecule has 39 heavy (non-hydrogen) atoms. The fraction of sp³-hybridized carbons (Fsp3) is 0.207. The van der Waals surface area contributed by atoms with Crippen LogP contribution in [-0.2, 0) is 14.4 Å². The summed E-state index contributed by atoms with van der Waals surface area (Å²) >= 11 is 0. The predicted octanol–water partition coefficient (Wildman–Crippen LogP) is 1.89. The molecule has 2 aromatic rings. The van der Waals surface area contributed by atoms with E-state index >= 15 is 0 Å². The van der Waals surface area contributed by atoms with Gasteiger partial charge in [-0.25, -0.2) is 9.37 Å². The number of nitrogens with zero attached hydrogens (tertiary/aromatic N) is 3. The fourth-order valence-corrected chi connectivity index (χ4v) is 4.57. The molecule has 3 aliphatic rings. The Labute approximate surface area is 223 Å². The van der Waals surface area contributed by atoms with E-state index in [4.69, 9.17) is 9.25 Å². The van der Waals surface area contributed by atoms with Crippen molar-refractivity contribution in [2.75, 3.05) is 33.1 Å². The minimum absolute atomic E-state index is 0.0559. The molecule has 0 N–H and O–H groups in total. The van der Waals surface area contributed by atoms with Crippen molar-refractivity contribution in [3.05, 3.63) is 71.1 Å². The Morgan fingerprint density at radius 1 is 0.949 bits per heavy atom. The van der Waals surface area contributed by atoms with Crippen LogP contribution in [0.15, 0.2) is 59.0 Å². The predicted molar refractivity (Wildman–Crippen MR) is 141 cm³/mol. The zero-order valence-corrected chi connectivity index (χ0v) is 21.8. The summed E-state index contributed by atoms with van der Waals surface area (Å²) in [5, 5.41) is 14.3. The normalized spacial score (nSPS) is 13.3. The first-order valence-corrected chi connectivity index (χ1v) is 12.2. The zero-order valence-electron chi connectivity index (χ0n) is 21.8. The quantitative estimate of drug-likeness (QED) is 0.219. The van der Waals surface area contributed by atoms with Crippen LogP contribution in [0.2, 0.25) is 0 Å². The zero-order chi connectivity index (χ0) is 28.0. The molecular formula is C29H25N3O7. The highest BCUT2D eigenvalue weighted by molar-refractivity contribution is 6.09. The summed E-state index contributed by atoms with van der Waals surface area (Å²) in [7, 11) is 7.62. The van der Waals surface area contributed by atoms with Crippen LogP contribution in [0.4, 0.5) is 5.69 Å². The number of carboxylic acids is 1. The van der Waals surface area contributed by atoms with Crippen molar-refractivity contribution in [2.24, 2.45) is 0 Å². The Kier molecular flexibility index (Phi) is 6.39. The van der Waals surface area contributed by atoms with Crippen LogP contribution in [-0.4, -0.2) is 57.0 Å². The lowest BCUT2D eigenvalue weighted by molar-refractivity contribution is -0.255. The molecule has 5 rings (SSSR count). The molecule has 0 unspecified atom stereocenters. The first-order valence-electron chi connectivity index (χ1n) is 12.2. The summed E-state index contributed by atoms with van der Waals surface area (Å²) in [6.07, 6.45) is -0.112. The third-order valence-corrected chi connectivity index (χ3v) is 6.65. The second-order valence-electron chi connectivity index (χ2n) is 9.64. The van der Waals surface area contributed by atoms with Gasteiger partial charge in [0.25, 0.3) is 11.8 Å². The maximum absolute atomic E-state index is 12.7. The van der Waals surface area contributed by atoms with Gasteiger partial charge < -0.3 is 24.1 Å². The van der Waals surface area contributed by atoms with E-state index in [1.807, 2.05) is 74.1 Å². The highest BCUT2D eigenvalue weighted by Crippen LogP contribution is 2.42. The van der Waals surface area contributed by atoms with E-state index in [2.05, 4.69) is 0 Å². The molecule has 2 heterocycles. The van der Waals surface area contributed by atoms with Gasteiger partial charge >= 0.3 is 5.97 Å². The summed E-state index contributed by atoms with van der Waals surface area (Å²) in [5.41, 5.74) is 2.58. The lowest BCUT2D eigenvalue weighted by Crippen LogP contribution is -2.32. The van der Waals surface area contributed by atoms with Crippen LogP contribution in [0.25, 0.3) is 33.4 Å². The third kappa shape index (κ3) is 4.61. The van der Waals surface area contributed by atoms with Gasteiger partial charge in [0, 0.05) is 66.8 Å². The Morgan fingerprint density at radius 2 is 1.64 bits per heavy atom. The molecule has 0 atom stereocenters. The van der Waals surface area contributed by atoms with Gasteiger partial charge in [-0.3, -0.25) is 9.59 Å². The second-order valence-corrected chi connectivity index (χ2v) is 9.64. The van der Waals surface area contributed by atoms with E-state index in [0.29, 0.717) is 38.5 Å². The molecule has 2 aliphatic heterocycles. The molecule has 0 spiro atoms. The molecule has 10 heteroatoms. The maximum atomic E-state index is 12.7. The van der Waals surface area contributed by atoms with Crippen molar-refractivity contribution in [3.8, 4) is 22.5 Å². The van der Waals surface area contributed by atoms with Crippen LogP contribution >= 0.6 is 0 Å². The Bertz CT molecular complexity index is 1710. The van der Waals surface area contributed by atoms with Gasteiger partial charge in [-0.15, -0.1) is 5.06 Å². The number of hydrogen-bond donors (Lipinski definition) is 0. The molecule has 0 aromatic heterocycles. The smallest absolute Gasteiger partial charge is 0.363 e. The summed E-state index contributed by atoms with van der Waals surface area (Å²) in [6, 6.07) is 15.3. The van der Waals surface area contributed by atoms with E-state index < -0.39 is 23.8 Å². The first-order chi connectivity index (χ1) is 18.5. The molecule has 1 fully saturated rings. The van der Waals surface area contributed by atoms with Crippen LogP contribution in [0.5, 0.6) is 0 Å². The lowest BCUT2D eigenvalue weighted by atomic mass is 9.89. The lowest BCUT2D eigenvalue weighted by Gasteiger charge is -2.20.